The van der Waals surface area contributed by atoms with Gasteiger partial charge in [0.2, 0.25) is 0 Å². The molecule has 0 spiro atoms. The van der Waals surface area contributed by atoms with Crippen LogP contribution >= 0.6 is 0 Å². The summed E-state index contributed by atoms with van der Waals surface area (Å²) in [6, 6.07) is 0. The third kappa shape index (κ3) is 2.46. The van der Waals surface area contributed by atoms with Gasteiger partial charge in [-0.05, 0) is 19.3 Å². The highest BCUT2D eigenvalue weighted by atomic mass is 16.6. The summed E-state index contributed by atoms with van der Waals surface area (Å²) in [4.78, 5) is 0. The fraction of sp³-hybridized carbons (Fsp3) is 1.00. The Bertz CT molecular complexity index is 130. The Balaban J connectivity index is 1.75. The topological polar surface area (TPSA) is 32.8 Å². The standard InChI is InChI=1S/C9H16O2/c1-9(10,4-7-2-3-7)5-8-6-11-8/h7-8,10H,2-6H2,1H3. The number of epoxide rings is 1. The predicted octanol–water partition coefficient (Wildman–Crippen LogP) is 1.33. The molecular weight excluding hydrogens is 140 g/mol. The molecule has 2 nitrogen and oxygen atoms in total. The van der Waals surface area contributed by atoms with Crippen LogP contribution in [0.2, 0.25) is 0 Å². The first-order valence-electron chi connectivity index (χ1n) is 4.50. The normalized spacial score (nSPS) is 34.9. The minimum absolute atomic E-state index is 0.365. The van der Waals surface area contributed by atoms with Gasteiger partial charge in [0, 0.05) is 6.42 Å². The van der Waals surface area contributed by atoms with E-state index in [1.165, 1.54) is 12.8 Å². The summed E-state index contributed by atoms with van der Waals surface area (Å²) in [5, 5.41) is 9.86. The molecule has 2 unspecified atom stereocenters. The maximum atomic E-state index is 9.86. The van der Waals surface area contributed by atoms with E-state index < -0.39 is 5.60 Å². The van der Waals surface area contributed by atoms with Gasteiger partial charge in [0.1, 0.15) is 0 Å². The van der Waals surface area contributed by atoms with Crippen molar-refractivity contribution in [2.24, 2.45) is 5.92 Å². The quantitative estimate of drug-likeness (QED) is 0.623. The van der Waals surface area contributed by atoms with Gasteiger partial charge < -0.3 is 9.84 Å². The highest BCUT2D eigenvalue weighted by Gasteiger charge is 2.37. The molecule has 1 aliphatic heterocycles. The number of hydrogen-bond donors (Lipinski definition) is 1. The molecule has 2 fully saturated rings. The zero-order valence-electron chi connectivity index (χ0n) is 7.05. The lowest BCUT2D eigenvalue weighted by Crippen LogP contribution is -2.26. The molecule has 11 heavy (non-hydrogen) atoms. The molecule has 64 valence electrons. The first-order chi connectivity index (χ1) is 5.16. The molecule has 2 aliphatic rings. The van der Waals surface area contributed by atoms with Gasteiger partial charge >= 0.3 is 0 Å². The summed E-state index contributed by atoms with van der Waals surface area (Å²) in [6.45, 7) is 2.80. The van der Waals surface area contributed by atoms with E-state index in [2.05, 4.69) is 0 Å². The summed E-state index contributed by atoms with van der Waals surface area (Å²) in [5.41, 5.74) is -0.456. The van der Waals surface area contributed by atoms with Gasteiger partial charge in [-0.2, -0.15) is 0 Å². The monoisotopic (exact) mass is 156 g/mol. The predicted molar refractivity (Wildman–Crippen MR) is 42.3 cm³/mol. The largest absolute Gasteiger partial charge is 0.390 e. The molecule has 2 rings (SSSR count). The van der Waals surface area contributed by atoms with E-state index in [9.17, 15) is 5.11 Å². The Morgan fingerprint density at radius 1 is 1.45 bits per heavy atom. The van der Waals surface area contributed by atoms with Gasteiger partial charge in [-0.15, -0.1) is 0 Å². The van der Waals surface area contributed by atoms with E-state index in [-0.39, 0.29) is 0 Å². The Kier molecular flexibility index (Phi) is 1.69. The zero-order valence-corrected chi connectivity index (χ0v) is 7.05. The second kappa shape index (κ2) is 2.46. The van der Waals surface area contributed by atoms with Crippen LogP contribution < -0.4 is 0 Å². The molecular formula is C9H16O2. The van der Waals surface area contributed by atoms with Gasteiger partial charge in [-0.3, -0.25) is 0 Å². The van der Waals surface area contributed by atoms with Crippen molar-refractivity contribution in [1.82, 2.24) is 0 Å². The molecule has 1 N–H and O–H groups in total. The molecule has 2 heteroatoms. The molecule has 0 aromatic rings. The number of rotatable bonds is 4. The molecule has 0 bridgehead atoms. The Hall–Kier alpha value is -0.0800. The van der Waals surface area contributed by atoms with E-state index in [0.717, 1.165) is 25.4 Å². The summed E-state index contributed by atoms with van der Waals surface area (Å²) in [6.07, 6.45) is 4.82. The maximum absolute atomic E-state index is 9.86. The molecule has 1 aliphatic carbocycles. The minimum atomic E-state index is -0.456. The van der Waals surface area contributed by atoms with E-state index >= 15 is 0 Å². The summed E-state index contributed by atoms with van der Waals surface area (Å²) in [7, 11) is 0. The lowest BCUT2D eigenvalue weighted by atomic mass is 9.94. The van der Waals surface area contributed by atoms with Gasteiger partial charge in [0.05, 0.1) is 18.3 Å². The van der Waals surface area contributed by atoms with E-state index in [1.54, 1.807) is 0 Å². The van der Waals surface area contributed by atoms with Gasteiger partial charge in [-0.25, -0.2) is 0 Å². The molecule has 1 saturated heterocycles. The van der Waals surface area contributed by atoms with Crippen molar-refractivity contribution < 1.29 is 9.84 Å². The average Bonchev–Trinajstić information content (AvgIpc) is 2.60. The maximum Gasteiger partial charge on any atom is 0.0837 e. The Labute approximate surface area is 67.6 Å². The minimum Gasteiger partial charge on any atom is -0.390 e. The summed E-state index contributed by atoms with van der Waals surface area (Å²) >= 11 is 0. The lowest BCUT2D eigenvalue weighted by Gasteiger charge is -2.21. The number of hydrogen-bond acceptors (Lipinski definition) is 2. The second-order valence-electron chi connectivity index (χ2n) is 4.30. The first-order valence-corrected chi connectivity index (χ1v) is 4.50. The second-order valence-corrected chi connectivity index (χ2v) is 4.30. The molecule has 1 saturated carbocycles. The van der Waals surface area contributed by atoms with E-state index in [4.69, 9.17) is 4.74 Å². The van der Waals surface area contributed by atoms with Crippen LogP contribution in [0.15, 0.2) is 0 Å². The molecule has 0 amide bonds. The third-order valence-corrected chi connectivity index (χ3v) is 2.50. The SMILES string of the molecule is CC(O)(CC1CC1)CC1CO1. The van der Waals surface area contributed by atoms with Crippen LogP contribution in [-0.4, -0.2) is 23.4 Å². The van der Waals surface area contributed by atoms with Gasteiger partial charge in [0.25, 0.3) is 0 Å². The molecule has 1 heterocycles. The fourth-order valence-corrected chi connectivity index (χ4v) is 1.70. The van der Waals surface area contributed by atoms with Crippen LogP contribution in [0.4, 0.5) is 0 Å². The summed E-state index contributed by atoms with van der Waals surface area (Å²) < 4.78 is 5.09. The fourth-order valence-electron chi connectivity index (χ4n) is 1.70. The number of aliphatic hydroxyl groups is 1. The van der Waals surface area contributed by atoms with Crippen LogP contribution in [-0.2, 0) is 4.74 Å². The highest BCUT2D eigenvalue weighted by molar-refractivity contribution is 4.88. The Morgan fingerprint density at radius 2 is 2.09 bits per heavy atom. The highest BCUT2D eigenvalue weighted by Crippen LogP contribution is 2.39. The van der Waals surface area contributed by atoms with Gasteiger partial charge in [-0.1, -0.05) is 12.8 Å². The van der Waals surface area contributed by atoms with Crippen LogP contribution in [0.1, 0.15) is 32.6 Å². The molecule has 0 aromatic heterocycles. The smallest absolute Gasteiger partial charge is 0.0837 e. The van der Waals surface area contributed by atoms with Gasteiger partial charge in [0.15, 0.2) is 0 Å². The number of ether oxygens (including phenoxy) is 1. The van der Waals surface area contributed by atoms with Crippen LogP contribution in [0.25, 0.3) is 0 Å². The third-order valence-electron chi connectivity index (χ3n) is 2.50. The van der Waals surface area contributed by atoms with Crippen molar-refractivity contribution >= 4 is 0 Å². The molecule has 2 atom stereocenters. The average molecular weight is 156 g/mol. The van der Waals surface area contributed by atoms with E-state index in [1.807, 2.05) is 6.92 Å². The van der Waals surface area contributed by atoms with Crippen LogP contribution in [0.5, 0.6) is 0 Å². The summed E-state index contributed by atoms with van der Waals surface area (Å²) in [5.74, 6) is 0.809. The molecule has 0 radical (unpaired) electrons. The zero-order chi connectivity index (χ0) is 7.90. The van der Waals surface area contributed by atoms with Crippen molar-refractivity contribution in [3.05, 3.63) is 0 Å². The first kappa shape index (κ1) is 7.56. The lowest BCUT2D eigenvalue weighted by molar-refractivity contribution is 0.0292. The van der Waals surface area contributed by atoms with E-state index in [0.29, 0.717) is 6.10 Å². The van der Waals surface area contributed by atoms with Crippen molar-refractivity contribution in [3.8, 4) is 0 Å². The van der Waals surface area contributed by atoms with Crippen LogP contribution in [0.3, 0.4) is 0 Å². The molecule has 0 aromatic carbocycles. The van der Waals surface area contributed by atoms with Crippen molar-refractivity contribution in [1.29, 1.82) is 0 Å². The Morgan fingerprint density at radius 3 is 2.55 bits per heavy atom. The van der Waals surface area contributed by atoms with Crippen molar-refractivity contribution in [2.75, 3.05) is 6.61 Å². The van der Waals surface area contributed by atoms with Crippen LogP contribution in [0, 0.1) is 5.92 Å². The van der Waals surface area contributed by atoms with Crippen molar-refractivity contribution in [2.45, 2.75) is 44.3 Å². The van der Waals surface area contributed by atoms with Crippen molar-refractivity contribution in [3.63, 3.8) is 0 Å².